The Balaban J connectivity index is 2.45. The minimum absolute atomic E-state index is 0.0617. The molecule has 1 heterocycles. The molecule has 1 saturated heterocycles. The lowest BCUT2D eigenvalue weighted by atomic mass is 10.2. The highest BCUT2D eigenvalue weighted by molar-refractivity contribution is 9.10. The summed E-state index contributed by atoms with van der Waals surface area (Å²) in [5.41, 5.74) is 6.40. The van der Waals surface area contributed by atoms with Crippen LogP contribution in [0, 0.1) is 6.92 Å². The predicted molar refractivity (Wildman–Crippen MR) is 74.8 cm³/mol. The van der Waals surface area contributed by atoms with Gasteiger partial charge in [0.2, 0.25) is 10.0 Å². The van der Waals surface area contributed by atoms with Gasteiger partial charge in [-0.1, -0.05) is 22.0 Å². The van der Waals surface area contributed by atoms with Gasteiger partial charge in [-0.05, 0) is 37.5 Å². The Morgan fingerprint density at radius 3 is 2.89 bits per heavy atom. The Morgan fingerprint density at radius 2 is 2.22 bits per heavy atom. The second-order valence-electron chi connectivity index (χ2n) is 4.51. The molecule has 1 aromatic rings. The summed E-state index contributed by atoms with van der Waals surface area (Å²) in [5, 5.41) is 0. The number of benzene rings is 1. The van der Waals surface area contributed by atoms with Gasteiger partial charge in [0.05, 0.1) is 4.90 Å². The molecule has 2 N–H and O–H groups in total. The molecular formula is C12H17BrN2O2S. The molecule has 6 heteroatoms. The van der Waals surface area contributed by atoms with Gasteiger partial charge in [0.15, 0.2) is 0 Å². The molecular weight excluding hydrogens is 316 g/mol. The maximum absolute atomic E-state index is 12.6. The van der Waals surface area contributed by atoms with Crippen molar-refractivity contribution in [2.24, 2.45) is 5.73 Å². The predicted octanol–water partition coefficient (Wildman–Crippen LogP) is 1.87. The molecule has 0 aromatic heterocycles. The van der Waals surface area contributed by atoms with E-state index >= 15 is 0 Å². The monoisotopic (exact) mass is 332 g/mol. The fourth-order valence-electron chi connectivity index (χ4n) is 2.35. The molecule has 1 aliphatic heterocycles. The molecule has 0 spiro atoms. The molecule has 2 rings (SSSR count). The third-order valence-corrected chi connectivity index (χ3v) is 6.36. The minimum atomic E-state index is -3.43. The van der Waals surface area contributed by atoms with E-state index in [9.17, 15) is 8.42 Å². The van der Waals surface area contributed by atoms with Crippen molar-refractivity contribution >= 4 is 26.0 Å². The van der Waals surface area contributed by atoms with Crippen LogP contribution in [0.2, 0.25) is 0 Å². The smallest absolute Gasteiger partial charge is 0.243 e. The average molecular weight is 333 g/mol. The fourth-order valence-corrected chi connectivity index (χ4v) is 4.81. The van der Waals surface area contributed by atoms with Gasteiger partial charge in [0, 0.05) is 23.6 Å². The molecule has 0 saturated carbocycles. The first-order chi connectivity index (χ1) is 8.48. The van der Waals surface area contributed by atoms with Gasteiger partial charge in [-0.15, -0.1) is 0 Å². The topological polar surface area (TPSA) is 63.4 Å². The average Bonchev–Trinajstić information content (AvgIpc) is 2.81. The number of hydrogen-bond acceptors (Lipinski definition) is 3. The summed E-state index contributed by atoms with van der Waals surface area (Å²) in [5.74, 6) is 0. The van der Waals surface area contributed by atoms with Crippen molar-refractivity contribution in [1.82, 2.24) is 4.31 Å². The SMILES string of the molecule is Cc1c(Br)cccc1S(=O)(=O)N1CCC[C@@H]1CN. The van der Waals surface area contributed by atoms with Gasteiger partial charge in [0.1, 0.15) is 0 Å². The summed E-state index contributed by atoms with van der Waals surface area (Å²) in [6.07, 6.45) is 1.73. The molecule has 0 bridgehead atoms. The molecule has 1 atom stereocenters. The van der Waals surface area contributed by atoms with Crippen molar-refractivity contribution in [1.29, 1.82) is 0 Å². The Bertz CT molecular complexity index is 545. The summed E-state index contributed by atoms with van der Waals surface area (Å²) >= 11 is 3.37. The third kappa shape index (κ3) is 2.34. The van der Waals surface area contributed by atoms with E-state index in [4.69, 9.17) is 5.73 Å². The Hall–Kier alpha value is -0.430. The van der Waals surface area contributed by atoms with Gasteiger partial charge in [-0.2, -0.15) is 4.31 Å². The first-order valence-corrected chi connectivity index (χ1v) is 8.19. The molecule has 18 heavy (non-hydrogen) atoms. The van der Waals surface area contributed by atoms with Gasteiger partial charge in [-0.3, -0.25) is 0 Å². The van der Waals surface area contributed by atoms with Crippen LogP contribution in [0.25, 0.3) is 0 Å². The number of rotatable bonds is 3. The van der Waals surface area contributed by atoms with Gasteiger partial charge in [-0.25, -0.2) is 8.42 Å². The molecule has 0 unspecified atom stereocenters. The number of sulfonamides is 1. The van der Waals surface area contributed by atoms with Gasteiger partial charge >= 0.3 is 0 Å². The number of halogens is 1. The van der Waals surface area contributed by atoms with Gasteiger partial charge < -0.3 is 5.73 Å². The largest absolute Gasteiger partial charge is 0.329 e. The van der Waals surface area contributed by atoms with Crippen LogP contribution in [0.1, 0.15) is 18.4 Å². The van der Waals surface area contributed by atoms with Crippen molar-refractivity contribution in [2.75, 3.05) is 13.1 Å². The van der Waals surface area contributed by atoms with Crippen LogP contribution in [-0.2, 0) is 10.0 Å². The molecule has 0 aliphatic carbocycles. The summed E-state index contributed by atoms with van der Waals surface area (Å²) in [6.45, 7) is 2.76. The van der Waals surface area contributed by atoms with Crippen LogP contribution in [0.4, 0.5) is 0 Å². The van der Waals surface area contributed by atoms with Crippen LogP contribution in [0.3, 0.4) is 0 Å². The quantitative estimate of drug-likeness (QED) is 0.918. The molecule has 100 valence electrons. The lowest BCUT2D eigenvalue weighted by Gasteiger charge is -2.23. The normalized spacial score (nSPS) is 21.4. The molecule has 1 fully saturated rings. The van der Waals surface area contributed by atoms with Crippen molar-refractivity contribution in [3.8, 4) is 0 Å². The zero-order chi connectivity index (χ0) is 13.3. The summed E-state index contributed by atoms with van der Waals surface area (Å²) in [4.78, 5) is 0.372. The zero-order valence-electron chi connectivity index (χ0n) is 10.3. The highest BCUT2D eigenvalue weighted by Gasteiger charge is 2.35. The molecule has 1 aromatic carbocycles. The first-order valence-electron chi connectivity index (χ1n) is 5.95. The van der Waals surface area contributed by atoms with E-state index in [1.54, 1.807) is 16.4 Å². The van der Waals surface area contributed by atoms with E-state index in [0.717, 1.165) is 22.9 Å². The number of hydrogen-bond donors (Lipinski definition) is 1. The van der Waals surface area contributed by atoms with Crippen LogP contribution in [-0.4, -0.2) is 31.9 Å². The maximum atomic E-state index is 12.6. The number of nitrogens with zero attached hydrogens (tertiary/aromatic N) is 1. The maximum Gasteiger partial charge on any atom is 0.243 e. The van der Waals surface area contributed by atoms with Crippen molar-refractivity contribution in [2.45, 2.75) is 30.7 Å². The molecule has 1 aliphatic rings. The van der Waals surface area contributed by atoms with E-state index in [-0.39, 0.29) is 6.04 Å². The third-order valence-electron chi connectivity index (χ3n) is 3.40. The van der Waals surface area contributed by atoms with Crippen molar-refractivity contribution < 1.29 is 8.42 Å². The highest BCUT2D eigenvalue weighted by atomic mass is 79.9. The Kier molecular flexibility index (Phi) is 4.11. The second-order valence-corrected chi connectivity index (χ2v) is 7.22. The molecule has 0 radical (unpaired) electrons. The van der Waals surface area contributed by atoms with Crippen molar-refractivity contribution in [3.05, 3.63) is 28.2 Å². The van der Waals surface area contributed by atoms with Crippen LogP contribution < -0.4 is 5.73 Å². The standard InChI is InChI=1S/C12H17BrN2O2S/c1-9-11(13)5-2-6-12(9)18(16,17)15-7-3-4-10(15)8-14/h2,5-6,10H,3-4,7-8,14H2,1H3/t10-/m1/s1. The minimum Gasteiger partial charge on any atom is -0.329 e. The second kappa shape index (κ2) is 5.28. The van der Waals surface area contributed by atoms with E-state index in [2.05, 4.69) is 15.9 Å². The Morgan fingerprint density at radius 1 is 1.50 bits per heavy atom. The highest BCUT2D eigenvalue weighted by Crippen LogP contribution is 2.30. The summed E-state index contributed by atoms with van der Waals surface area (Å²) in [6, 6.07) is 5.19. The van der Waals surface area contributed by atoms with Crippen LogP contribution in [0.15, 0.2) is 27.6 Å². The number of nitrogens with two attached hydrogens (primary N) is 1. The van der Waals surface area contributed by atoms with Crippen LogP contribution >= 0.6 is 15.9 Å². The zero-order valence-corrected chi connectivity index (χ0v) is 12.7. The lowest BCUT2D eigenvalue weighted by molar-refractivity contribution is 0.393. The molecule has 0 amide bonds. The fraction of sp³-hybridized carbons (Fsp3) is 0.500. The van der Waals surface area contributed by atoms with Crippen LogP contribution in [0.5, 0.6) is 0 Å². The Labute approximate surface area is 116 Å². The lowest BCUT2D eigenvalue weighted by Crippen LogP contribution is -2.40. The van der Waals surface area contributed by atoms with E-state index < -0.39 is 10.0 Å². The van der Waals surface area contributed by atoms with Gasteiger partial charge in [0.25, 0.3) is 0 Å². The summed E-state index contributed by atoms with van der Waals surface area (Å²) < 4.78 is 27.6. The van der Waals surface area contributed by atoms with E-state index in [0.29, 0.717) is 18.0 Å². The van der Waals surface area contributed by atoms with E-state index in [1.165, 1.54) is 0 Å². The van der Waals surface area contributed by atoms with Crippen molar-refractivity contribution in [3.63, 3.8) is 0 Å². The van der Waals surface area contributed by atoms with E-state index in [1.807, 2.05) is 13.0 Å². The summed E-state index contributed by atoms with van der Waals surface area (Å²) in [7, 11) is -3.43. The molecule has 4 nitrogen and oxygen atoms in total. The first kappa shape index (κ1) is 14.0.